The van der Waals surface area contributed by atoms with E-state index < -0.39 is 16.1 Å². The molecule has 1 atom stereocenters. The molecule has 8 heteroatoms. The van der Waals surface area contributed by atoms with E-state index in [9.17, 15) is 13.2 Å². The number of carbonyl (C=O) groups excluding carboxylic acids is 1. The molecule has 0 fully saturated rings. The van der Waals surface area contributed by atoms with Crippen LogP contribution in [0.15, 0.2) is 42.5 Å². The van der Waals surface area contributed by atoms with Crippen molar-refractivity contribution in [1.29, 1.82) is 0 Å². The summed E-state index contributed by atoms with van der Waals surface area (Å²) >= 11 is 6.02. The second-order valence-corrected chi connectivity index (χ2v) is 8.89. The van der Waals surface area contributed by atoms with Gasteiger partial charge in [-0.05, 0) is 30.7 Å². The van der Waals surface area contributed by atoms with Crippen LogP contribution in [0.2, 0.25) is 5.02 Å². The maximum atomic E-state index is 12.6. The van der Waals surface area contributed by atoms with Gasteiger partial charge in [0.2, 0.25) is 10.0 Å². The summed E-state index contributed by atoms with van der Waals surface area (Å²) < 4.78 is 31.4. The standard InChI is InChI=1S/C19H21ClN2O4S/c1-13-4-3-5-14(10-13)12-21-19(23)18-8-9-22(27(2,24)25)16-11-15(20)6-7-17(16)26-18/h3-7,10-11,18H,8-9,12H2,1-2H3,(H,21,23)/t18-/m0/s1. The zero-order valence-electron chi connectivity index (χ0n) is 15.1. The summed E-state index contributed by atoms with van der Waals surface area (Å²) in [5.74, 6) is 0.0331. The van der Waals surface area contributed by atoms with E-state index in [1.807, 2.05) is 31.2 Å². The molecule has 0 aromatic heterocycles. The van der Waals surface area contributed by atoms with Gasteiger partial charge in [-0.3, -0.25) is 9.10 Å². The Labute approximate surface area is 164 Å². The number of nitrogens with one attached hydrogen (secondary N) is 1. The third-order valence-corrected chi connectivity index (χ3v) is 5.71. The molecular formula is C19H21ClN2O4S. The lowest BCUT2D eigenvalue weighted by atomic mass is 10.1. The number of nitrogens with zero attached hydrogens (tertiary/aromatic N) is 1. The maximum absolute atomic E-state index is 12.6. The van der Waals surface area contributed by atoms with E-state index in [0.717, 1.165) is 17.4 Å². The third kappa shape index (κ3) is 4.73. The molecule has 0 saturated carbocycles. The highest BCUT2D eigenvalue weighted by atomic mass is 35.5. The van der Waals surface area contributed by atoms with Gasteiger partial charge >= 0.3 is 0 Å². The smallest absolute Gasteiger partial charge is 0.261 e. The van der Waals surface area contributed by atoms with Crippen LogP contribution < -0.4 is 14.4 Å². The van der Waals surface area contributed by atoms with Gasteiger partial charge in [-0.15, -0.1) is 0 Å². The Morgan fingerprint density at radius 1 is 1.30 bits per heavy atom. The number of carbonyl (C=O) groups is 1. The summed E-state index contributed by atoms with van der Waals surface area (Å²) in [7, 11) is -3.53. The number of sulfonamides is 1. The Bertz CT molecular complexity index is 962. The Kier molecular flexibility index (Phi) is 5.62. The second-order valence-electron chi connectivity index (χ2n) is 6.55. The maximum Gasteiger partial charge on any atom is 0.261 e. The van der Waals surface area contributed by atoms with Crippen molar-refractivity contribution in [2.75, 3.05) is 17.1 Å². The summed E-state index contributed by atoms with van der Waals surface area (Å²) in [5.41, 5.74) is 2.45. The van der Waals surface area contributed by atoms with E-state index in [2.05, 4.69) is 5.32 Å². The van der Waals surface area contributed by atoms with Crippen LogP contribution >= 0.6 is 11.6 Å². The molecule has 1 N–H and O–H groups in total. The number of hydrogen-bond donors (Lipinski definition) is 1. The van der Waals surface area contributed by atoms with Gasteiger partial charge in [0, 0.05) is 24.5 Å². The summed E-state index contributed by atoms with van der Waals surface area (Å²) in [5, 5.41) is 3.26. The lowest BCUT2D eigenvalue weighted by Gasteiger charge is -2.21. The zero-order chi connectivity index (χ0) is 19.6. The van der Waals surface area contributed by atoms with Crippen LogP contribution in [0.3, 0.4) is 0 Å². The number of ether oxygens (including phenoxy) is 1. The molecule has 0 bridgehead atoms. The van der Waals surface area contributed by atoms with Crippen molar-refractivity contribution in [3.63, 3.8) is 0 Å². The fourth-order valence-electron chi connectivity index (χ4n) is 3.01. The normalized spacial score (nSPS) is 16.9. The predicted molar refractivity (Wildman–Crippen MR) is 106 cm³/mol. The van der Waals surface area contributed by atoms with Gasteiger partial charge < -0.3 is 10.1 Å². The zero-order valence-corrected chi connectivity index (χ0v) is 16.7. The number of aryl methyl sites for hydroxylation is 1. The van der Waals surface area contributed by atoms with Gasteiger partial charge in [0.1, 0.15) is 5.75 Å². The Hall–Kier alpha value is -2.25. The number of anilines is 1. The lowest BCUT2D eigenvalue weighted by Crippen LogP contribution is -2.39. The Balaban J connectivity index is 1.78. The number of amides is 1. The molecule has 3 rings (SSSR count). The van der Waals surface area contributed by atoms with E-state index in [4.69, 9.17) is 16.3 Å². The fraction of sp³-hybridized carbons (Fsp3) is 0.316. The van der Waals surface area contributed by atoms with Crippen molar-refractivity contribution < 1.29 is 17.9 Å². The molecule has 2 aromatic rings. The topological polar surface area (TPSA) is 75.7 Å². The SMILES string of the molecule is Cc1cccc(CNC(=O)[C@@H]2CCN(S(C)(=O)=O)c3cc(Cl)ccc3O2)c1. The number of fused-ring (bicyclic) bond motifs is 1. The molecular weight excluding hydrogens is 388 g/mol. The number of rotatable bonds is 4. The van der Waals surface area contributed by atoms with Gasteiger partial charge in [-0.25, -0.2) is 8.42 Å². The highest BCUT2D eigenvalue weighted by Gasteiger charge is 2.31. The average Bonchev–Trinajstić information content (AvgIpc) is 2.79. The van der Waals surface area contributed by atoms with Crippen LogP contribution in [0.25, 0.3) is 0 Å². The Morgan fingerprint density at radius 3 is 2.78 bits per heavy atom. The molecule has 6 nitrogen and oxygen atoms in total. The first-order valence-corrected chi connectivity index (χ1v) is 10.7. The van der Waals surface area contributed by atoms with Crippen molar-refractivity contribution in [2.24, 2.45) is 0 Å². The van der Waals surface area contributed by atoms with Crippen LogP contribution in [-0.4, -0.2) is 33.2 Å². The molecule has 1 aliphatic heterocycles. The summed E-state index contributed by atoms with van der Waals surface area (Å²) in [6.07, 6.45) is 0.566. The monoisotopic (exact) mass is 408 g/mol. The van der Waals surface area contributed by atoms with Gasteiger partial charge in [0.15, 0.2) is 6.10 Å². The van der Waals surface area contributed by atoms with Crippen LogP contribution in [0, 0.1) is 6.92 Å². The number of benzene rings is 2. The van der Waals surface area contributed by atoms with Crippen LogP contribution in [0.1, 0.15) is 17.5 Å². The molecule has 1 amide bonds. The van der Waals surface area contributed by atoms with Crippen molar-refractivity contribution in [2.45, 2.75) is 26.0 Å². The summed E-state index contributed by atoms with van der Waals surface area (Å²) in [4.78, 5) is 12.6. The highest BCUT2D eigenvalue weighted by molar-refractivity contribution is 7.92. The molecule has 144 valence electrons. The van der Waals surface area contributed by atoms with E-state index in [-0.39, 0.29) is 18.9 Å². The molecule has 0 radical (unpaired) electrons. The average molecular weight is 409 g/mol. The Morgan fingerprint density at radius 2 is 2.07 bits per heavy atom. The van der Waals surface area contributed by atoms with Crippen LogP contribution in [0.5, 0.6) is 5.75 Å². The molecule has 0 saturated heterocycles. The molecule has 1 aliphatic rings. The summed E-state index contributed by atoms with van der Waals surface area (Å²) in [6.45, 7) is 2.50. The first kappa shape index (κ1) is 19.5. The minimum Gasteiger partial charge on any atom is -0.478 e. The quantitative estimate of drug-likeness (QED) is 0.844. The van der Waals surface area contributed by atoms with Gasteiger partial charge in [0.25, 0.3) is 5.91 Å². The molecule has 0 aliphatic carbocycles. The van der Waals surface area contributed by atoms with E-state index in [1.165, 1.54) is 10.4 Å². The molecule has 1 heterocycles. The van der Waals surface area contributed by atoms with E-state index in [0.29, 0.717) is 23.0 Å². The fourth-order valence-corrected chi connectivity index (χ4v) is 4.11. The first-order valence-electron chi connectivity index (χ1n) is 8.51. The molecule has 2 aromatic carbocycles. The van der Waals surface area contributed by atoms with Crippen LogP contribution in [-0.2, 0) is 21.4 Å². The second kappa shape index (κ2) is 7.78. The van der Waals surface area contributed by atoms with Crippen LogP contribution in [0.4, 0.5) is 5.69 Å². The molecule has 0 unspecified atom stereocenters. The van der Waals surface area contributed by atoms with Crippen molar-refractivity contribution in [3.05, 3.63) is 58.6 Å². The highest BCUT2D eigenvalue weighted by Crippen LogP contribution is 2.36. The van der Waals surface area contributed by atoms with E-state index >= 15 is 0 Å². The largest absolute Gasteiger partial charge is 0.478 e. The number of hydrogen-bond acceptors (Lipinski definition) is 4. The first-order chi connectivity index (χ1) is 12.7. The minimum atomic E-state index is -3.53. The predicted octanol–water partition coefficient (Wildman–Crippen LogP) is 2.88. The number of halogens is 1. The van der Waals surface area contributed by atoms with Crippen molar-refractivity contribution in [3.8, 4) is 5.75 Å². The minimum absolute atomic E-state index is 0.134. The van der Waals surface area contributed by atoms with Gasteiger partial charge in [-0.2, -0.15) is 0 Å². The molecule has 27 heavy (non-hydrogen) atoms. The van der Waals surface area contributed by atoms with Gasteiger partial charge in [0.05, 0.1) is 11.9 Å². The molecule has 0 spiro atoms. The summed E-state index contributed by atoms with van der Waals surface area (Å²) in [6, 6.07) is 12.6. The van der Waals surface area contributed by atoms with Crippen molar-refractivity contribution >= 4 is 33.2 Å². The lowest BCUT2D eigenvalue weighted by molar-refractivity contribution is -0.128. The van der Waals surface area contributed by atoms with Gasteiger partial charge in [-0.1, -0.05) is 41.4 Å². The third-order valence-electron chi connectivity index (χ3n) is 4.30. The van der Waals surface area contributed by atoms with E-state index in [1.54, 1.807) is 12.1 Å². The van der Waals surface area contributed by atoms with Crippen molar-refractivity contribution in [1.82, 2.24) is 5.32 Å².